The summed E-state index contributed by atoms with van der Waals surface area (Å²) in [5.74, 6) is -0.128. The molecule has 1 fully saturated rings. The summed E-state index contributed by atoms with van der Waals surface area (Å²) >= 11 is 0. The number of benzene rings is 1. The van der Waals surface area contributed by atoms with E-state index in [-0.39, 0.29) is 33.9 Å². The zero-order valence-electron chi connectivity index (χ0n) is 23.5. The number of nitrogens with two attached hydrogens (primary N) is 1. The molecule has 13 nitrogen and oxygen atoms in total. The van der Waals surface area contributed by atoms with E-state index in [1.165, 1.54) is 6.07 Å². The highest BCUT2D eigenvalue weighted by Crippen LogP contribution is 2.33. The molecule has 0 bridgehead atoms. The van der Waals surface area contributed by atoms with Crippen LogP contribution in [-0.2, 0) is 4.79 Å². The van der Waals surface area contributed by atoms with Crippen molar-refractivity contribution in [2.45, 2.75) is 19.3 Å². The van der Waals surface area contributed by atoms with Gasteiger partial charge in [-0.05, 0) is 51.7 Å². The van der Waals surface area contributed by atoms with E-state index in [0.29, 0.717) is 25.9 Å². The highest BCUT2D eigenvalue weighted by Gasteiger charge is 2.34. The summed E-state index contributed by atoms with van der Waals surface area (Å²) in [6, 6.07) is 8.29. The van der Waals surface area contributed by atoms with Gasteiger partial charge in [-0.25, -0.2) is 4.98 Å². The number of ketones is 2. The fourth-order valence-electron chi connectivity index (χ4n) is 4.61. The van der Waals surface area contributed by atoms with Crippen molar-refractivity contribution >= 4 is 35.0 Å². The summed E-state index contributed by atoms with van der Waals surface area (Å²) in [6.45, 7) is 5.11. The lowest BCUT2D eigenvalue weighted by Crippen LogP contribution is -2.47. The Hall–Kier alpha value is -4.36. The minimum atomic E-state index is -0.622. The summed E-state index contributed by atoms with van der Waals surface area (Å²) in [4.78, 5) is 56.6. The van der Waals surface area contributed by atoms with Crippen LogP contribution >= 0.6 is 0 Å². The Balaban J connectivity index is 0.00000147. The normalized spacial score (nSPS) is 15.1. The fraction of sp³-hybridized carbons (Fsp3) is 0.429. The number of fused-ring (bicyclic) bond motifs is 1. The number of nitro groups is 1. The Labute approximate surface area is 239 Å². The second-order valence-electron chi connectivity index (χ2n) is 9.65. The number of rotatable bonds is 12. The predicted molar refractivity (Wildman–Crippen MR) is 157 cm³/mol. The van der Waals surface area contributed by atoms with Gasteiger partial charge < -0.3 is 31.4 Å². The molecular formula is C28H38N8O5. The number of hydrogen-bond acceptors (Lipinski definition) is 12. The molecule has 1 aliphatic carbocycles. The van der Waals surface area contributed by atoms with E-state index in [1.807, 2.05) is 32.3 Å². The molecule has 2 aromatic rings. The summed E-state index contributed by atoms with van der Waals surface area (Å²) in [6.07, 6.45) is 4.06. The van der Waals surface area contributed by atoms with Crippen LogP contribution in [-0.4, -0.2) is 92.6 Å². The molecule has 0 saturated carbocycles. The van der Waals surface area contributed by atoms with Gasteiger partial charge in [-0.15, -0.1) is 0 Å². The van der Waals surface area contributed by atoms with Crippen molar-refractivity contribution < 1.29 is 19.3 Å². The first-order valence-corrected chi connectivity index (χ1v) is 13.6. The predicted octanol–water partition coefficient (Wildman–Crippen LogP) is 1.57. The molecule has 1 aromatic heterocycles. The second kappa shape index (κ2) is 15.4. The van der Waals surface area contributed by atoms with E-state index in [9.17, 15) is 24.5 Å². The molecule has 220 valence electrons. The van der Waals surface area contributed by atoms with Crippen molar-refractivity contribution in [3.63, 3.8) is 0 Å². The van der Waals surface area contributed by atoms with E-state index in [1.54, 1.807) is 6.20 Å². The molecule has 1 saturated heterocycles. The number of carbonyl (C=O) groups excluding carboxylic acids is 3. The van der Waals surface area contributed by atoms with Gasteiger partial charge in [0, 0.05) is 69.1 Å². The van der Waals surface area contributed by atoms with Gasteiger partial charge in [0.2, 0.25) is 11.6 Å². The molecule has 1 aromatic carbocycles. The lowest BCUT2D eigenvalue weighted by molar-refractivity contribution is -0.384. The third kappa shape index (κ3) is 8.08. The number of Topliss-reactive ketones (excluding diaryl/α,β-unsaturated/α-hetero) is 2. The van der Waals surface area contributed by atoms with Gasteiger partial charge in [0.25, 0.3) is 5.69 Å². The summed E-state index contributed by atoms with van der Waals surface area (Å²) in [5.41, 5.74) is 5.53. The largest absolute Gasteiger partial charge is 0.394 e. The molecule has 0 spiro atoms. The quantitative estimate of drug-likeness (QED) is 0.126. The smallest absolute Gasteiger partial charge is 0.293 e. The van der Waals surface area contributed by atoms with Gasteiger partial charge in [-0.3, -0.25) is 24.6 Å². The highest BCUT2D eigenvalue weighted by atomic mass is 16.6. The first kappa shape index (κ1) is 31.2. The van der Waals surface area contributed by atoms with Crippen molar-refractivity contribution in [1.82, 2.24) is 20.5 Å². The minimum absolute atomic E-state index is 0.0169. The molecule has 0 unspecified atom stereocenters. The Morgan fingerprint density at radius 3 is 2.34 bits per heavy atom. The topological polar surface area (TPSA) is 176 Å². The van der Waals surface area contributed by atoms with Gasteiger partial charge >= 0.3 is 0 Å². The SMILES string of the molecule is CNC.NC1=C(NCCCN2CCN(c3ccccn3)CC2)C(=O)c2cc(NCCCC=O)c([N+](=O)[O-])cc2C1=O. The van der Waals surface area contributed by atoms with Gasteiger partial charge in [0.15, 0.2) is 0 Å². The zero-order valence-corrected chi connectivity index (χ0v) is 23.5. The van der Waals surface area contributed by atoms with E-state index < -0.39 is 16.5 Å². The Morgan fingerprint density at radius 2 is 1.71 bits per heavy atom. The monoisotopic (exact) mass is 566 g/mol. The number of piperazine rings is 1. The number of anilines is 2. The molecule has 0 atom stereocenters. The van der Waals surface area contributed by atoms with E-state index in [2.05, 4.69) is 30.7 Å². The van der Waals surface area contributed by atoms with E-state index >= 15 is 0 Å². The van der Waals surface area contributed by atoms with Crippen LogP contribution in [0.3, 0.4) is 0 Å². The number of aromatic nitrogens is 1. The fourth-order valence-corrected chi connectivity index (χ4v) is 4.61. The van der Waals surface area contributed by atoms with Gasteiger partial charge in [0.05, 0.1) is 4.92 Å². The minimum Gasteiger partial charge on any atom is -0.394 e. The van der Waals surface area contributed by atoms with E-state index in [4.69, 9.17) is 5.73 Å². The number of hydrogen-bond donors (Lipinski definition) is 4. The maximum absolute atomic E-state index is 13.2. The third-order valence-electron chi connectivity index (χ3n) is 6.68. The molecule has 1 aliphatic heterocycles. The summed E-state index contributed by atoms with van der Waals surface area (Å²) in [5, 5.41) is 20.2. The Morgan fingerprint density at radius 1 is 1.02 bits per heavy atom. The van der Waals surface area contributed by atoms with E-state index in [0.717, 1.165) is 57.3 Å². The molecule has 2 aliphatic rings. The highest BCUT2D eigenvalue weighted by molar-refractivity contribution is 6.27. The van der Waals surface area contributed by atoms with Crippen molar-refractivity contribution in [3.8, 4) is 0 Å². The van der Waals surface area contributed by atoms with Crippen LogP contribution < -0.4 is 26.6 Å². The summed E-state index contributed by atoms with van der Waals surface area (Å²) in [7, 11) is 3.75. The van der Waals surface area contributed by atoms with Crippen molar-refractivity contribution in [2.24, 2.45) is 5.73 Å². The lowest BCUT2D eigenvalue weighted by Gasteiger charge is -2.35. The van der Waals surface area contributed by atoms with Gasteiger partial charge in [-0.1, -0.05) is 6.07 Å². The molecular weight excluding hydrogens is 528 g/mol. The number of aldehydes is 1. The second-order valence-corrected chi connectivity index (χ2v) is 9.65. The van der Waals surface area contributed by atoms with Crippen LogP contribution in [0.5, 0.6) is 0 Å². The van der Waals surface area contributed by atoms with Crippen LogP contribution in [0.2, 0.25) is 0 Å². The molecule has 5 N–H and O–H groups in total. The first-order valence-electron chi connectivity index (χ1n) is 13.6. The number of nitrogens with zero attached hydrogens (tertiary/aromatic N) is 4. The van der Waals surface area contributed by atoms with Crippen LogP contribution in [0.25, 0.3) is 0 Å². The van der Waals surface area contributed by atoms with Gasteiger partial charge in [0.1, 0.15) is 29.2 Å². The maximum atomic E-state index is 13.2. The number of carbonyl (C=O) groups is 3. The van der Waals surface area contributed by atoms with Crippen LogP contribution in [0.4, 0.5) is 17.2 Å². The number of pyridine rings is 1. The molecule has 4 rings (SSSR count). The maximum Gasteiger partial charge on any atom is 0.293 e. The standard InChI is InChI=1S/C26H31N7O5.C2H7N/c27-23-24(30-9-5-10-31-11-13-32(14-12-31)22-6-1-2-8-29-22)26(36)18-16-20(28-7-3-4-15-34)21(33(37)38)17-19(18)25(23)35;1-3-2/h1-2,6,8,15-17,28,30H,3-5,7,9-14,27H2;3H,1-2H3. The van der Waals surface area contributed by atoms with Crippen LogP contribution in [0, 0.1) is 10.1 Å². The summed E-state index contributed by atoms with van der Waals surface area (Å²) < 4.78 is 0. The van der Waals surface area contributed by atoms with Crippen LogP contribution in [0.1, 0.15) is 40.0 Å². The third-order valence-corrected chi connectivity index (χ3v) is 6.68. The van der Waals surface area contributed by atoms with Crippen LogP contribution in [0.15, 0.2) is 47.9 Å². The molecule has 0 radical (unpaired) electrons. The van der Waals surface area contributed by atoms with Crippen molar-refractivity contribution in [3.05, 3.63) is 69.2 Å². The molecule has 2 heterocycles. The molecule has 41 heavy (non-hydrogen) atoms. The number of nitro benzene ring substituents is 1. The Bertz CT molecular complexity index is 1260. The van der Waals surface area contributed by atoms with Crippen molar-refractivity contribution in [1.29, 1.82) is 0 Å². The zero-order chi connectivity index (χ0) is 29.8. The molecule has 0 amide bonds. The average Bonchev–Trinajstić information content (AvgIpc) is 2.98. The Kier molecular flexibility index (Phi) is 11.7. The molecule has 13 heteroatoms. The average molecular weight is 567 g/mol. The number of allylic oxidation sites excluding steroid dienone is 2. The number of nitrogens with one attached hydrogen (secondary N) is 3. The first-order chi connectivity index (χ1) is 19.8. The van der Waals surface area contributed by atoms with Crippen molar-refractivity contribution in [2.75, 3.05) is 70.1 Å². The lowest BCUT2D eigenvalue weighted by atomic mass is 9.89. The number of unbranched alkanes of at least 4 members (excludes halogenated alkanes) is 1. The van der Waals surface area contributed by atoms with Gasteiger partial charge in [-0.2, -0.15) is 0 Å².